The molecule has 2 N–H and O–H groups in total. The number of aromatic amines is 1. The molecular formula is C15H11ClF3N3. The van der Waals surface area contributed by atoms with E-state index in [1.165, 1.54) is 0 Å². The van der Waals surface area contributed by atoms with E-state index in [1.807, 2.05) is 30.3 Å². The summed E-state index contributed by atoms with van der Waals surface area (Å²) in [6.07, 6.45) is -3.69. The third-order valence-electron chi connectivity index (χ3n) is 3.20. The van der Waals surface area contributed by atoms with E-state index in [0.29, 0.717) is 6.54 Å². The Bertz CT molecular complexity index is 778. The lowest BCUT2D eigenvalue weighted by atomic mass is 10.2. The lowest BCUT2D eigenvalue weighted by Gasteiger charge is -2.10. The molecule has 1 aromatic carbocycles. The normalized spacial score (nSPS) is 11.8. The van der Waals surface area contributed by atoms with E-state index in [1.54, 1.807) is 0 Å². The molecular weight excluding hydrogens is 315 g/mol. The van der Waals surface area contributed by atoms with Crippen LogP contribution in [0.15, 0.2) is 42.6 Å². The van der Waals surface area contributed by atoms with Gasteiger partial charge in [0.1, 0.15) is 5.82 Å². The van der Waals surface area contributed by atoms with Gasteiger partial charge in [0, 0.05) is 17.4 Å². The van der Waals surface area contributed by atoms with Gasteiger partial charge in [0.05, 0.1) is 17.1 Å². The number of para-hydroxylation sites is 1. The molecule has 0 radical (unpaired) electrons. The molecule has 22 heavy (non-hydrogen) atoms. The lowest BCUT2D eigenvalue weighted by molar-refractivity contribution is -0.137. The summed E-state index contributed by atoms with van der Waals surface area (Å²) in [5.74, 6) is 0.216. The summed E-state index contributed by atoms with van der Waals surface area (Å²) in [7, 11) is 0. The number of hydrogen-bond donors (Lipinski definition) is 2. The van der Waals surface area contributed by atoms with Crippen molar-refractivity contribution >= 4 is 28.3 Å². The first kappa shape index (κ1) is 14.7. The second kappa shape index (κ2) is 5.53. The first-order valence-corrected chi connectivity index (χ1v) is 6.84. The highest BCUT2D eigenvalue weighted by Gasteiger charge is 2.31. The second-order valence-electron chi connectivity index (χ2n) is 4.79. The minimum atomic E-state index is -4.45. The molecule has 0 aliphatic rings. The Kier molecular flexibility index (Phi) is 3.70. The number of benzene rings is 1. The fourth-order valence-corrected chi connectivity index (χ4v) is 2.36. The molecule has 0 bridgehead atoms. The Morgan fingerprint density at radius 3 is 2.64 bits per heavy atom. The van der Waals surface area contributed by atoms with Crippen molar-refractivity contribution in [2.75, 3.05) is 5.32 Å². The molecule has 3 rings (SSSR count). The molecule has 0 amide bonds. The first-order valence-electron chi connectivity index (χ1n) is 6.47. The number of aromatic nitrogens is 2. The van der Waals surface area contributed by atoms with E-state index >= 15 is 0 Å². The Morgan fingerprint density at radius 2 is 1.95 bits per heavy atom. The van der Waals surface area contributed by atoms with Gasteiger partial charge in [0.2, 0.25) is 0 Å². The predicted octanol–water partition coefficient (Wildman–Crippen LogP) is 4.85. The molecule has 2 aromatic heterocycles. The second-order valence-corrected chi connectivity index (χ2v) is 5.19. The maximum absolute atomic E-state index is 12.5. The number of nitrogens with one attached hydrogen (secondary N) is 2. The molecule has 0 aliphatic heterocycles. The van der Waals surface area contributed by atoms with Gasteiger partial charge in [-0.3, -0.25) is 0 Å². The van der Waals surface area contributed by atoms with Crippen LogP contribution < -0.4 is 5.32 Å². The van der Waals surface area contributed by atoms with Crippen LogP contribution in [0.1, 0.15) is 11.3 Å². The number of pyridine rings is 1. The van der Waals surface area contributed by atoms with E-state index in [9.17, 15) is 13.2 Å². The maximum atomic E-state index is 12.5. The summed E-state index contributed by atoms with van der Waals surface area (Å²) < 4.78 is 37.6. The third kappa shape index (κ3) is 3.01. The van der Waals surface area contributed by atoms with Crippen molar-refractivity contribution in [1.29, 1.82) is 0 Å². The number of fused-ring (bicyclic) bond motifs is 1. The van der Waals surface area contributed by atoms with Crippen LogP contribution in [0.5, 0.6) is 0 Å². The van der Waals surface area contributed by atoms with Crippen molar-refractivity contribution in [2.24, 2.45) is 0 Å². The van der Waals surface area contributed by atoms with E-state index in [0.717, 1.165) is 28.9 Å². The Hall–Kier alpha value is -2.21. The van der Waals surface area contributed by atoms with Crippen molar-refractivity contribution < 1.29 is 13.2 Å². The summed E-state index contributed by atoms with van der Waals surface area (Å²) in [5.41, 5.74) is 1.01. The van der Waals surface area contributed by atoms with Gasteiger partial charge in [-0.1, -0.05) is 29.8 Å². The molecule has 0 saturated carbocycles. The van der Waals surface area contributed by atoms with Crippen LogP contribution in [0.3, 0.4) is 0 Å². The zero-order valence-electron chi connectivity index (χ0n) is 11.2. The number of halogens is 4. The molecule has 114 valence electrons. The van der Waals surface area contributed by atoms with Crippen molar-refractivity contribution in [3.8, 4) is 0 Å². The third-order valence-corrected chi connectivity index (χ3v) is 3.49. The first-order chi connectivity index (χ1) is 10.4. The largest absolute Gasteiger partial charge is 0.417 e. The Morgan fingerprint density at radius 1 is 1.18 bits per heavy atom. The molecule has 2 heterocycles. The van der Waals surface area contributed by atoms with E-state index < -0.39 is 11.7 Å². The highest BCUT2D eigenvalue weighted by molar-refractivity contribution is 6.32. The predicted molar refractivity (Wildman–Crippen MR) is 79.9 cm³/mol. The van der Waals surface area contributed by atoms with Crippen LogP contribution in [0.25, 0.3) is 10.9 Å². The van der Waals surface area contributed by atoms with E-state index in [4.69, 9.17) is 11.6 Å². The quantitative estimate of drug-likeness (QED) is 0.723. The van der Waals surface area contributed by atoms with Crippen LogP contribution >= 0.6 is 11.6 Å². The molecule has 0 unspecified atom stereocenters. The average Bonchev–Trinajstić information content (AvgIpc) is 2.87. The van der Waals surface area contributed by atoms with Crippen molar-refractivity contribution in [3.63, 3.8) is 0 Å². The van der Waals surface area contributed by atoms with Gasteiger partial charge in [-0.25, -0.2) is 4.98 Å². The summed E-state index contributed by atoms with van der Waals surface area (Å²) in [6, 6.07) is 10.6. The molecule has 3 nitrogen and oxygen atoms in total. The van der Waals surface area contributed by atoms with Gasteiger partial charge in [-0.05, 0) is 23.6 Å². The van der Waals surface area contributed by atoms with Crippen LogP contribution in [0.4, 0.5) is 19.0 Å². The highest BCUT2D eigenvalue weighted by atomic mass is 35.5. The summed E-state index contributed by atoms with van der Waals surface area (Å²) in [4.78, 5) is 6.94. The van der Waals surface area contributed by atoms with Crippen molar-refractivity contribution in [1.82, 2.24) is 9.97 Å². The van der Waals surface area contributed by atoms with Gasteiger partial charge in [-0.2, -0.15) is 13.2 Å². The zero-order chi connectivity index (χ0) is 15.7. The minimum absolute atomic E-state index is 0.0639. The van der Waals surface area contributed by atoms with Crippen molar-refractivity contribution in [2.45, 2.75) is 12.7 Å². The van der Waals surface area contributed by atoms with Gasteiger partial charge in [0.15, 0.2) is 0 Å². The highest BCUT2D eigenvalue weighted by Crippen LogP contribution is 2.32. The fourth-order valence-electron chi connectivity index (χ4n) is 2.13. The molecule has 0 saturated heterocycles. The number of anilines is 1. The number of alkyl halides is 3. The lowest BCUT2D eigenvalue weighted by Crippen LogP contribution is -2.08. The van der Waals surface area contributed by atoms with Gasteiger partial charge in [0.25, 0.3) is 0 Å². The molecule has 0 atom stereocenters. The molecule has 0 spiro atoms. The van der Waals surface area contributed by atoms with E-state index in [-0.39, 0.29) is 10.8 Å². The Balaban J connectivity index is 1.76. The number of nitrogens with zero attached hydrogens (tertiary/aromatic N) is 1. The molecule has 0 fully saturated rings. The monoisotopic (exact) mass is 325 g/mol. The smallest absolute Gasteiger partial charge is 0.363 e. The molecule has 3 aromatic rings. The topological polar surface area (TPSA) is 40.7 Å². The van der Waals surface area contributed by atoms with Crippen LogP contribution in [0.2, 0.25) is 5.02 Å². The van der Waals surface area contributed by atoms with Crippen LogP contribution in [-0.4, -0.2) is 9.97 Å². The zero-order valence-corrected chi connectivity index (χ0v) is 12.0. The SMILES string of the molecule is FC(F)(F)c1cnc(NCc2cc3ccccc3[nH]2)c(Cl)c1. The van der Waals surface area contributed by atoms with Gasteiger partial charge in [-0.15, -0.1) is 0 Å². The number of H-pyrrole nitrogens is 1. The van der Waals surface area contributed by atoms with Gasteiger partial charge < -0.3 is 10.3 Å². The van der Waals surface area contributed by atoms with Crippen LogP contribution in [0, 0.1) is 0 Å². The number of hydrogen-bond acceptors (Lipinski definition) is 2. The van der Waals surface area contributed by atoms with Crippen molar-refractivity contribution in [3.05, 3.63) is 58.9 Å². The summed E-state index contributed by atoms with van der Waals surface area (Å²) in [6.45, 7) is 0.382. The number of rotatable bonds is 3. The average molecular weight is 326 g/mol. The van der Waals surface area contributed by atoms with Crippen LogP contribution in [-0.2, 0) is 12.7 Å². The Labute approximate surface area is 129 Å². The summed E-state index contributed by atoms with van der Waals surface area (Å²) in [5, 5.41) is 3.92. The van der Waals surface area contributed by atoms with Gasteiger partial charge >= 0.3 is 6.18 Å². The summed E-state index contributed by atoms with van der Waals surface area (Å²) >= 11 is 5.85. The van der Waals surface area contributed by atoms with E-state index in [2.05, 4.69) is 15.3 Å². The standard InChI is InChI=1S/C15H11ClF3N3/c16-12-6-10(15(17,18)19)7-20-14(12)21-8-11-5-9-3-1-2-4-13(9)22-11/h1-7,22H,8H2,(H,20,21). The minimum Gasteiger partial charge on any atom is -0.363 e. The fraction of sp³-hybridized carbons (Fsp3) is 0.133. The molecule has 0 aliphatic carbocycles. The maximum Gasteiger partial charge on any atom is 0.417 e. The molecule has 7 heteroatoms.